The maximum absolute atomic E-state index is 13.8. The lowest BCUT2D eigenvalue weighted by atomic mass is 9.47. The van der Waals surface area contributed by atoms with Crippen molar-refractivity contribution in [3.63, 3.8) is 0 Å². The van der Waals surface area contributed by atoms with Crippen molar-refractivity contribution < 1.29 is 53.2 Å². The molecule has 0 spiro atoms. The number of unbranched alkanes of at least 4 members (excludes halogenated alkanes) is 1. The second-order valence-corrected chi connectivity index (χ2v) is 22.8. The lowest BCUT2D eigenvalue weighted by Gasteiger charge is -2.58. The van der Waals surface area contributed by atoms with Gasteiger partial charge in [0.25, 0.3) is 5.56 Å². The number of halogens is 1. The van der Waals surface area contributed by atoms with Crippen molar-refractivity contribution in [2.45, 2.75) is 187 Å². The number of allylic oxidation sites excluding steroid dienone is 1. The van der Waals surface area contributed by atoms with Crippen LogP contribution in [-0.4, -0.2) is 91.5 Å². The van der Waals surface area contributed by atoms with E-state index in [1.165, 1.54) is 62.7 Å². The zero-order valence-electron chi connectivity index (χ0n) is 43.2. The van der Waals surface area contributed by atoms with Crippen LogP contribution in [-0.2, 0) is 35.1 Å². The number of nitrogens with zero attached hydrogens (tertiary/aromatic N) is 1. The molecular formula is C55H78FN5O12. The van der Waals surface area contributed by atoms with Gasteiger partial charge in [-0.25, -0.2) is 14.4 Å². The summed E-state index contributed by atoms with van der Waals surface area (Å²) < 4.78 is 26.1. The number of ketones is 1. The largest absolute Gasteiger partial charge is 0.508 e. The number of aromatic hydroxyl groups is 1. The number of aromatic nitrogens is 2. The van der Waals surface area contributed by atoms with E-state index in [-0.39, 0.29) is 62.3 Å². The van der Waals surface area contributed by atoms with Gasteiger partial charge in [0, 0.05) is 38.6 Å². The van der Waals surface area contributed by atoms with Gasteiger partial charge in [-0.2, -0.15) is 4.39 Å². The number of Topliss-reactive ketones (excluding diaryl/α,β-unsaturated/α-hetero) is 1. The number of ether oxygens (including phenoxy) is 2. The number of rotatable bonds is 22. The van der Waals surface area contributed by atoms with Gasteiger partial charge in [0.15, 0.2) is 5.78 Å². The molecule has 0 bridgehead atoms. The SMILES string of the molecule is CC(C)CCC[C@@H](C)[C@H]1CC[C@H]2[C@@H]3CC=C4C[C@@H](OC(=O)NC(Cc5ccc(O)cc5)C(=O)N[C@H](CCCCNC(=O)CCC(=O)C5OC(n6cc(F)c(=O)[nH]c6=O)CC5O)C(=O)O)CC[C@]4(C)[C@H]3CC[C@]12C. The Balaban J connectivity index is 0.873. The molecule has 4 aliphatic carbocycles. The van der Waals surface area contributed by atoms with Crippen LogP contribution in [0.1, 0.15) is 156 Å². The molecule has 7 N–H and O–H groups in total. The van der Waals surface area contributed by atoms with Gasteiger partial charge in [-0.05, 0) is 128 Å². The summed E-state index contributed by atoms with van der Waals surface area (Å²) in [5, 5.41) is 38.4. The number of fused-ring (bicyclic) bond motifs is 5. The van der Waals surface area contributed by atoms with Crippen molar-refractivity contribution in [3.05, 3.63) is 74.3 Å². The Morgan fingerprint density at radius 2 is 1.67 bits per heavy atom. The van der Waals surface area contributed by atoms with Gasteiger partial charge >= 0.3 is 17.8 Å². The summed E-state index contributed by atoms with van der Waals surface area (Å²) in [6, 6.07) is 3.63. The fourth-order valence-electron chi connectivity index (χ4n) is 13.6. The number of nitrogens with one attached hydrogen (secondary N) is 4. The lowest BCUT2D eigenvalue weighted by Crippen LogP contribution is -2.53. The number of phenols is 1. The minimum atomic E-state index is -1.38. The minimum Gasteiger partial charge on any atom is -0.508 e. The molecule has 1 aromatic carbocycles. The van der Waals surface area contributed by atoms with Crippen LogP contribution in [0.2, 0.25) is 0 Å². The number of carbonyl (C=O) groups is 5. The first-order chi connectivity index (χ1) is 34.7. The van der Waals surface area contributed by atoms with Crippen LogP contribution in [0.3, 0.4) is 0 Å². The Morgan fingerprint density at radius 1 is 0.918 bits per heavy atom. The third kappa shape index (κ3) is 13.1. The minimum absolute atomic E-state index is 0.00177. The highest BCUT2D eigenvalue weighted by Gasteiger charge is 2.59. The van der Waals surface area contributed by atoms with Gasteiger partial charge in [-0.3, -0.25) is 28.7 Å². The Morgan fingerprint density at radius 3 is 2.40 bits per heavy atom. The van der Waals surface area contributed by atoms with E-state index >= 15 is 0 Å². The number of aliphatic hydroxyl groups is 1. The number of amides is 3. The van der Waals surface area contributed by atoms with Crippen LogP contribution in [0.4, 0.5) is 9.18 Å². The smallest absolute Gasteiger partial charge is 0.408 e. The maximum atomic E-state index is 13.8. The highest BCUT2D eigenvalue weighted by Crippen LogP contribution is 2.67. The van der Waals surface area contributed by atoms with Gasteiger partial charge in [-0.1, -0.05) is 77.7 Å². The normalized spacial score (nSPS) is 29.7. The Kier molecular flexibility index (Phi) is 18.1. The number of carboxylic acids is 1. The number of aliphatic hydroxyl groups excluding tert-OH is 1. The van der Waals surface area contributed by atoms with E-state index in [1.807, 2.05) is 0 Å². The molecular weight excluding hydrogens is 942 g/mol. The summed E-state index contributed by atoms with van der Waals surface area (Å²) in [4.78, 5) is 90.6. The molecule has 7 rings (SSSR count). The van der Waals surface area contributed by atoms with E-state index in [9.17, 15) is 53.3 Å². The molecule has 2 aromatic rings. The van der Waals surface area contributed by atoms with E-state index in [0.717, 1.165) is 41.1 Å². The zero-order chi connectivity index (χ0) is 52.8. The quantitative estimate of drug-likeness (QED) is 0.0466. The molecule has 17 nitrogen and oxygen atoms in total. The molecule has 0 radical (unpaired) electrons. The predicted octanol–water partition coefficient (Wildman–Crippen LogP) is 6.98. The molecule has 1 aromatic heterocycles. The monoisotopic (exact) mass is 1020 g/mol. The number of alkyl carbamates (subject to hydrolysis) is 1. The third-order valence-electron chi connectivity index (χ3n) is 17.6. The molecule has 4 fully saturated rings. The molecule has 18 heteroatoms. The molecule has 13 atom stereocenters. The van der Waals surface area contributed by atoms with Crippen LogP contribution in [0.25, 0.3) is 0 Å². The number of hydrogen-bond acceptors (Lipinski definition) is 11. The van der Waals surface area contributed by atoms with Crippen LogP contribution in [0.15, 0.2) is 51.7 Å². The van der Waals surface area contributed by atoms with E-state index in [1.54, 1.807) is 17.1 Å². The maximum Gasteiger partial charge on any atom is 0.408 e. The van der Waals surface area contributed by atoms with Gasteiger partial charge in [-0.15, -0.1) is 0 Å². The third-order valence-corrected chi connectivity index (χ3v) is 17.6. The van der Waals surface area contributed by atoms with Gasteiger partial charge in [0.1, 0.15) is 36.3 Å². The molecule has 1 aliphatic heterocycles. The van der Waals surface area contributed by atoms with Crippen molar-refractivity contribution in [2.75, 3.05) is 6.54 Å². The number of aliphatic carboxylic acids is 1. The first-order valence-corrected chi connectivity index (χ1v) is 26.8. The fraction of sp³-hybridized carbons (Fsp3) is 0.691. The summed E-state index contributed by atoms with van der Waals surface area (Å²) in [6.07, 6.45) is 10.2. The van der Waals surface area contributed by atoms with Crippen LogP contribution in [0.5, 0.6) is 5.75 Å². The molecule has 4 unspecified atom stereocenters. The second kappa shape index (κ2) is 23.9. The molecule has 73 heavy (non-hydrogen) atoms. The van der Waals surface area contributed by atoms with E-state index in [2.05, 4.69) is 56.6 Å². The van der Waals surface area contributed by atoms with E-state index in [4.69, 9.17) is 9.47 Å². The molecule has 1 saturated heterocycles. The number of H-pyrrole nitrogens is 1. The highest BCUT2D eigenvalue weighted by atomic mass is 19.1. The van der Waals surface area contributed by atoms with Crippen molar-refractivity contribution in [1.82, 2.24) is 25.5 Å². The van der Waals surface area contributed by atoms with Crippen molar-refractivity contribution in [1.29, 1.82) is 0 Å². The van der Waals surface area contributed by atoms with Crippen molar-refractivity contribution >= 4 is 29.7 Å². The first-order valence-electron chi connectivity index (χ1n) is 26.8. The van der Waals surface area contributed by atoms with Crippen LogP contribution >= 0.6 is 0 Å². The van der Waals surface area contributed by atoms with Gasteiger partial charge < -0.3 is 40.7 Å². The topological polar surface area (TPSA) is 255 Å². The fourth-order valence-corrected chi connectivity index (χ4v) is 13.6. The van der Waals surface area contributed by atoms with Gasteiger partial charge in [0.2, 0.25) is 17.6 Å². The Bertz CT molecular complexity index is 2460. The molecule has 2 heterocycles. The molecule has 5 aliphatic rings. The number of benzene rings is 1. The average Bonchev–Trinajstić information content (AvgIpc) is 3.91. The zero-order valence-corrected chi connectivity index (χ0v) is 43.2. The van der Waals surface area contributed by atoms with Crippen LogP contribution in [0, 0.1) is 52.2 Å². The Hall–Kier alpha value is -5.36. The van der Waals surface area contributed by atoms with Gasteiger partial charge in [0.05, 0.1) is 12.3 Å². The summed E-state index contributed by atoms with van der Waals surface area (Å²) >= 11 is 0. The second-order valence-electron chi connectivity index (χ2n) is 22.8. The summed E-state index contributed by atoms with van der Waals surface area (Å²) in [7, 11) is 0. The first kappa shape index (κ1) is 55.4. The molecule has 402 valence electrons. The number of hydrogen-bond donors (Lipinski definition) is 7. The average molecular weight is 1020 g/mol. The molecule has 3 amide bonds. The Labute approximate surface area is 426 Å². The number of carboxylic acid groups (broad SMARTS) is 1. The van der Waals surface area contributed by atoms with E-state index in [0.29, 0.717) is 48.3 Å². The summed E-state index contributed by atoms with van der Waals surface area (Å²) in [5.74, 6) is -0.0668. The lowest BCUT2D eigenvalue weighted by molar-refractivity contribution is -0.142. The van der Waals surface area contributed by atoms with Crippen molar-refractivity contribution in [2.24, 2.45) is 46.3 Å². The summed E-state index contributed by atoms with van der Waals surface area (Å²) in [5.41, 5.74) is 0.222. The number of carbonyl (C=O) groups excluding carboxylic acids is 4. The van der Waals surface area contributed by atoms with Crippen LogP contribution < -0.4 is 27.2 Å². The number of aromatic amines is 1. The predicted molar refractivity (Wildman–Crippen MR) is 269 cm³/mol. The summed E-state index contributed by atoms with van der Waals surface area (Å²) in [6.45, 7) is 12.3. The number of phenolic OH excluding ortho intramolecular Hbond substituents is 1. The van der Waals surface area contributed by atoms with E-state index < -0.39 is 77.2 Å². The molecule has 3 saturated carbocycles. The van der Waals surface area contributed by atoms with Crippen molar-refractivity contribution in [3.8, 4) is 5.75 Å². The standard InChI is InChI=1S/C55H78FN5O12/c1-31(2)9-8-10-32(3)38-18-19-39-37-17-14-34-28-36(22-24-54(34,4)40(37)23-25-55(38,39)5)72-53(71)59-43(27-33-12-15-35(62)16-13-33)50(67)58-42(51(68)69)11-6-7-26-57-46(65)21-20-44(63)48-45(64)29-47(73-48)61-30-41(56)49(66)60-52(61)70/h12-16,30-32,36-40,42-43,45,47-48,62,64H,6-11,17-29H2,1-5H3,(H,57,65)(H,58,67)(H,59,71)(H,68,69)(H,60,66,70)/t32-,36+,37+,38-,39+,40+,42-,43?,45?,47?,48?,54+,55-/m1/s1. The highest BCUT2D eigenvalue weighted by molar-refractivity contribution is 5.90.